The van der Waals surface area contributed by atoms with E-state index in [1.165, 1.54) is 7.11 Å². The first kappa shape index (κ1) is 16.8. The summed E-state index contributed by atoms with van der Waals surface area (Å²) < 4.78 is 21.6. The highest BCUT2D eigenvalue weighted by atomic mass is 19.1. The van der Waals surface area contributed by atoms with Gasteiger partial charge in [-0.05, 0) is 50.9 Å². The normalized spacial score (nSPS) is 13.3. The summed E-state index contributed by atoms with van der Waals surface area (Å²) in [6, 6.07) is 4.59. The van der Waals surface area contributed by atoms with Gasteiger partial charge in [0, 0.05) is 24.5 Å². The van der Waals surface area contributed by atoms with Gasteiger partial charge < -0.3 is 9.14 Å². The smallest absolute Gasteiger partial charge is 0.189 e. The van der Waals surface area contributed by atoms with E-state index in [2.05, 4.69) is 32.6 Å². The van der Waals surface area contributed by atoms with Crippen molar-refractivity contribution < 1.29 is 9.13 Å². The zero-order valence-electron chi connectivity index (χ0n) is 14.3. The maximum Gasteiger partial charge on any atom is 0.189 e. The lowest BCUT2D eigenvalue weighted by molar-refractivity contribution is 0.156. The minimum absolute atomic E-state index is 0.271. The van der Waals surface area contributed by atoms with E-state index in [1.54, 1.807) is 6.07 Å². The fourth-order valence-electron chi connectivity index (χ4n) is 3.32. The van der Waals surface area contributed by atoms with Crippen LogP contribution in [0.5, 0.6) is 5.75 Å². The number of rotatable bonds is 7. The second kappa shape index (κ2) is 7.14. The molecule has 0 fully saturated rings. The molecule has 0 radical (unpaired) electrons. The second-order valence-corrected chi connectivity index (χ2v) is 5.99. The predicted molar refractivity (Wildman–Crippen MR) is 89.2 cm³/mol. The Morgan fingerprint density at radius 3 is 2.45 bits per heavy atom. The Bertz CT molecular complexity index is 621. The van der Waals surface area contributed by atoms with Gasteiger partial charge in [-0.2, -0.15) is 0 Å². The minimum Gasteiger partial charge on any atom is -0.494 e. The molecule has 4 heteroatoms. The maximum absolute atomic E-state index is 14.6. The van der Waals surface area contributed by atoms with Crippen LogP contribution < -0.4 is 4.74 Å². The molecular weight excluding hydrogens is 279 g/mol. The molecule has 0 saturated carbocycles. The summed E-state index contributed by atoms with van der Waals surface area (Å²) in [5.41, 5.74) is 1.68. The van der Waals surface area contributed by atoms with Crippen molar-refractivity contribution in [2.24, 2.45) is 0 Å². The first-order chi connectivity index (χ1) is 10.5. The number of likely N-dealkylation sites (N-methyl/N-ethyl adjacent to an activating group) is 1. The molecule has 22 heavy (non-hydrogen) atoms. The number of nitrogens with zero attached hydrogens (tertiary/aromatic N) is 2. The Morgan fingerprint density at radius 2 is 1.91 bits per heavy atom. The molecule has 0 N–H and O–H groups in total. The summed E-state index contributed by atoms with van der Waals surface area (Å²) >= 11 is 0. The van der Waals surface area contributed by atoms with E-state index < -0.39 is 0 Å². The Morgan fingerprint density at radius 1 is 1.23 bits per heavy atom. The molecule has 3 nitrogen and oxygen atoms in total. The molecule has 2 aromatic heterocycles. The van der Waals surface area contributed by atoms with Gasteiger partial charge in [0.1, 0.15) is 0 Å². The summed E-state index contributed by atoms with van der Waals surface area (Å²) in [5, 5.41) is 0. The van der Waals surface area contributed by atoms with Crippen molar-refractivity contribution in [1.29, 1.82) is 0 Å². The molecule has 1 atom stereocenters. The lowest BCUT2D eigenvalue weighted by atomic mass is 10.0. The van der Waals surface area contributed by atoms with E-state index in [4.69, 9.17) is 4.74 Å². The van der Waals surface area contributed by atoms with Gasteiger partial charge >= 0.3 is 0 Å². The van der Waals surface area contributed by atoms with Gasteiger partial charge in [0.25, 0.3) is 0 Å². The van der Waals surface area contributed by atoms with Crippen LogP contribution in [0.25, 0.3) is 5.52 Å². The van der Waals surface area contributed by atoms with Gasteiger partial charge in [-0.15, -0.1) is 0 Å². The molecule has 0 bridgehead atoms. The molecule has 0 saturated heterocycles. The zero-order valence-corrected chi connectivity index (χ0v) is 14.3. The molecule has 0 aliphatic heterocycles. The van der Waals surface area contributed by atoms with Crippen molar-refractivity contribution in [3.05, 3.63) is 35.9 Å². The Hall–Kier alpha value is -1.55. The molecule has 122 valence electrons. The van der Waals surface area contributed by atoms with E-state index in [-0.39, 0.29) is 5.82 Å². The third kappa shape index (κ3) is 3.12. The number of halogens is 1. The molecular formula is C18H27FN2O. The number of pyridine rings is 1. The highest BCUT2D eigenvalue weighted by Gasteiger charge is 2.21. The molecule has 2 aromatic rings. The molecule has 0 aliphatic rings. The van der Waals surface area contributed by atoms with Crippen molar-refractivity contribution in [2.45, 2.75) is 52.6 Å². The largest absolute Gasteiger partial charge is 0.494 e. The van der Waals surface area contributed by atoms with Crippen molar-refractivity contribution in [3.8, 4) is 5.75 Å². The second-order valence-electron chi connectivity index (χ2n) is 5.99. The van der Waals surface area contributed by atoms with E-state index in [0.29, 0.717) is 23.3 Å². The van der Waals surface area contributed by atoms with Crippen LogP contribution in [0, 0.1) is 5.82 Å². The van der Waals surface area contributed by atoms with Crippen LogP contribution in [0.3, 0.4) is 0 Å². The summed E-state index contributed by atoms with van der Waals surface area (Å²) in [4.78, 5) is 2.47. The van der Waals surface area contributed by atoms with Crippen molar-refractivity contribution in [2.75, 3.05) is 13.7 Å². The number of aromatic nitrogens is 1. The zero-order chi connectivity index (χ0) is 16.3. The van der Waals surface area contributed by atoms with Crippen LogP contribution in [-0.4, -0.2) is 35.0 Å². The maximum atomic E-state index is 14.6. The third-order valence-electron chi connectivity index (χ3n) is 4.45. The standard InChI is InChI=1S/C18H27FN2O/c1-6-15(21(7-2)13(3)4)12-14-8-10-20-11-9-16(22-5)17(19)18(14)20/h8-11,13,15H,6-7,12H2,1-5H3. The van der Waals surface area contributed by atoms with Gasteiger partial charge in [-0.1, -0.05) is 13.8 Å². The van der Waals surface area contributed by atoms with Gasteiger partial charge in [0.05, 0.1) is 12.6 Å². The predicted octanol–water partition coefficient (Wildman–Crippen LogP) is 4.14. The average Bonchev–Trinajstić information content (AvgIpc) is 2.90. The molecule has 1 unspecified atom stereocenters. The van der Waals surface area contributed by atoms with E-state index in [9.17, 15) is 4.39 Å². The van der Waals surface area contributed by atoms with Crippen molar-refractivity contribution >= 4 is 5.52 Å². The third-order valence-corrected chi connectivity index (χ3v) is 4.45. The first-order valence-corrected chi connectivity index (χ1v) is 8.11. The van der Waals surface area contributed by atoms with Crippen LogP contribution in [0.2, 0.25) is 0 Å². The quantitative estimate of drug-likeness (QED) is 0.764. The Labute approximate surface area is 132 Å². The fourth-order valence-corrected chi connectivity index (χ4v) is 3.32. The summed E-state index contributed by atoms with van der Waals surface area (Å²) in [5.74, 6) is 0.0316. The molecule has 2 heterocycles. The highest BCUT2D eigenvalue weighted by Crippen LogP contribution is 2.27. The van der Waals surface area contributed by atoms with Crippen LogP contribution in [0.4, 0.5) is 4.39 Å². The number of hydrogen-bond acceptors (Lipinski definition) is 2. The summed E-state index contributed by atoms with van der Waals surface area (Å²) in [6.45, 7) is 9.82. The Kier molecular flexibility index (Phi) is 5.46. The van der Waals surface area contributed by atoms with Crippen LogP contribution in [-0.2, 0) is 6.42 Å². The average molecular weight is 306 g/mol. The minimum atomic E-state index is -0.271. The summed E-state index contributed by atoms with van der Waals surface area (Å²) in [6.07, 6.45) is 5.67. The van der Waals surface area contributed by atoms with Crippen LogP contribution >= 0.6 is 0 Å². The van der Waals surface area contributed by atoms with Gasteiger partial charge in [0.15, 0.2) is 11.6 Å². The van der Waals surface area contributed by atoms with Gasteiger partial charge in [-0.3, -0.25) is 4.90 Å². The fraction of sp³-hybridized carbons (Fsp3) is 0.556. The number of ether oxygens (including phenoxy) is 1. The van der Waals surface area contributed by atoms with Crippen LogP contribution in [0.15, 0.2) is 24.5 Å². The SMILES string of the molecule is CCC(Cc1ccn2ccc(OC)c(F)c12)N(CC)C(C)C. The molecule has 0 aliphatic carbocycles. The van der Waals surface area contributed by atoms with Gasteiger partial charge in [0.2, 0.25) is 0 Å². The van der Waals surface area contributed by atoms with Gasteiger partial charge in [-0.25, -0.2) is 4.39 Å². The Balaban J connectivity index is 2.38. The van der Waals surface area contributed by atoms with Crippen LogP contribution in [0.1, 0.15) is 39.7 Å². The highest BCUT2D eigenvalue weighted by molar-refractivity contribution is 5.60. The van der Waals surface area contributed by atoms with Crippen molar-refractivity contribution in [1.82, 2.24) is 9.30 Å². The molecule has 0 spiro atoms. The molecule has 2 rings (SSSR count). The first-order valence-electron chi connectivity index (χ1n) is 8.11. The topological polar surface area (TPSA) is 16.9 Å². The van der Waals surface area contributed by atoms with E-state index in [1.807, 2.05) is 22.9 Å². The van der Waals surface area contributed by atoms with Crippen molar-refractivity contribution in [3.63, 3.8) is 0 Å². The number of methoxy groups -OCH3 is 1. The molecule has 0 aromatic carbocycles. The van der Waals surface area contributed by atoms with E-state index in [0.717, 1.165) is 24.9 Å². The number of fused-ring (bicyclic) bond motifs is 1. The lowest BCUT2D eigenvalue weighted by Crippen LogP contribution is -2.41. The van der Waals surface area contributed by atoms with E-state index >= 15 is 0 Å². The lowest BCUT2D eigenvalue weighted by Gasteiger charge is -2.33. The summed E-state index contributed by atoms with van der Waals surface area (Å²) in [7, 11) is 1.50. The molecule has 0 amide bonds. The monoisotopic (exact) mass is 306 g/mol. The number of hydrogen-bond donors (Lipinski definition) is 0.